The fourth-order valence-corrected chi connectivity index (χ4v) is 2.56. The van der Waals surface area contributed by atoms with Crippen LogP contribution in [-0.2, 0) is 12.4 Å². The SMILES string of the molecule is Cc1nn(C)c(N(CC(F)(F)F)C(C)C)c1CBr. The maximum absolute atomic E-state index is 12.6. The maximum atomic E-state index is 12.6. The minimum atomic E-state index is -4.23. The van der Waals surface area contributed by atoms with Crippen molar-refractivity contribution < 1.29 is 13.2 Å². The molecule has 0 spiro atoms. The van der Waals surface area contributed by atoms with E-state index in [9.17, 15) is 13.2 Å². The highest BCUT2D eigenvalue weighted by atomic mass is 79.9. The second kappa shape index (κ2) is 5.50. The summed E-state index contributed by atoms with van der Waals surface area (Å²) in [7, 11) is 1.67. The Kier molecular flexibility index (Phi) is 4.69. The van der Waals surface area contributed by atoms with Crippen LogP contribution in [-0.4, -0.2) is 28.5 Å². The van der Waals surface area contributed by atoms with E-state index < -0.39 is 12.7 Å². The number of rotatable bonds is 4. The van der Waals surface area contributed by atoms with Crippen molar-refractivity contribution in [1.82, 2.24) is 9.78 Å². The number of aromatic nitrogens is 2. The smallest absolute Gasteiger partial charge is 0.345 e. The van der Waals surface area contributed by atoms with Crippen LogP contribution in [0.4, 0.5) is 19.0 Å². The Balaban J connectivity index is 3.21. The number of alkyl halides is 4. The lowest BCUT2D eigenvalue weighted by molar-refractivity contribution is -0.120. The summed E-state index contributed by atoms with van der Waals surface area (Å²) in [6, 6.07) is -0.251. The molecule has 0 N–H and O–H groups in total. The molecule has 0 saturated carbocycles. The van der Waals surface area contributed by atoms with E-state index in [4.69, 9.17) is 0 Å². The van der Waals surface area contributed by atoms with Gasteiger partial charge in [-0.05, 0) is 20.8 Å². The molecule has 1 heterocycles. The maximum Gasteiger partial charge on any atom is 0.405 e. The van der Waals surface area contributed by atoms with Gasteiger partial charge < -0.3 is 4.90 Å². The minimum absolute atomic E-state index is 0.251. The van der Waals surface area contributed by atoms with Gasteiger partial charge in [0.2, 0.25) is 0 Å². The summed E-state index contributed by atoms with van der Waals surface area (Å²) in [6.45, 7) is 4.31. The normalized spacial score (nSPS) is 12.3. The molecular formula is C11H17BrF3N3. The van der Waals surface area contributed by atoms with Crippen molar-refractivity contribution in [2.24, 2.45) is 7.05 Å². The first-order chi connectivity index (χ1) is 8.17. The van der Waals surface area contributed by atoms with Crippen molar-refractivity contribution in [2.75, 3.05) is 11.4 Å². The van der Waals surface area contributed by atoms with Gasteiger partial charge in [-0.15, -0.1) is 0 Å². The second-order valence-corrected chi connectivity index (χ2v) is 5.04. The molecule has 18 heavy (non-hydrogen) atoms. The lowest BCUT2D eigenvalue weighted by atomic mass is 10.2. The summed E-state index contributed by atoms with van der Waals surface area (Å²) in [5, 5.41) is 4.68. The van der Waals surface area contributed by atoms with Gasteiger partial charge in [-0.25, -0.2) is 0 Å². The molecule has 0 atom stereocenters. The first kappa shape index (κ1) is 15.3. The fourth-order valence-electron chi connectivity index (χ4n) is 1.90. The van der Waals surface area contributed by atoms with Gasteiger partial charge in [0, 0.05) is 24.0 Å². The van der Waals surface area contributed by atoms with Crippen LogP contribution in [0.2, 0.25) is 0 Å². The zero-order chi connectivity index (χ0) is 14.1. The molecule has 7 heteroatoms. The fraction of sp³-hybridized carbons (Fsp3) is 0.727. The molecule has 0 radical (unpaired) electrons. The largest absolute Gasteiger partial charge is 0.405 e. The standard InChI is InChI=1S/C11H17BrF3N3/c1-7(2)18(6-11(13,14)15)10-9(5-12)8(3)16-17(10)4/h7H,5-6H2,1-4H3. The number of anilines is 1. The van der Waals surface area contributed by atoms with Gasteiger partial charge in [0.05, 0.1) is 5.69 Å². The molecule has 0 aliphatic rings. The Bertz CT molecular complexity index is 412. The third kappa shape index (κ3) is 3.40. The molecular weight excluding hydrogens is 311 g/mol. The lowest BCUT2D eigenvalue weighted by Crippen LogP contribution is -2.40. The number of hydrogen-bond acceptors (Lipinski definition) is 2. The minimum Gasteiger partial charge on any atom is -0.345 e. The van der Waals surface area contributed by atoms with Crippen LogP contribution in [0.25, 0.3) is 0 Å². The molecule has 0 bridgehead atoms. The van der Waals surface area contributed by atoms with Crippen molar-refractivity contribution >= 4 is 21.7 Å². The quantitative estimate of drug-likeness (QED) is 0.790. The van der Waals surface area contributed by atoms with Gasteiger partial charge in [-0.2, -0.15) is 18.3 Å². The van der Waals surface area contributed by atoms with Gasteiger partial charge in [-0.1, -0.05) is 15.9 Å². The Morgan fingerprint density at radius 3 is 2.33 bits per heavy atom. The average Bonchev–Trinajstić information content (AvgIpc) is 2.47. The molecule has 0 fully saturated rings. The molecule has 3 nitrogen and oxygen atoms in total. The Morgan fingerprint density at radius 1 is 1.39 bits per heavy atom. The average molecular weight is 328 g/mol. The Hall–Kier alpha value is -0.720. The van der Waals surface area contributed by atoms with Crippen LogP contribution in [0, 0.1) is 6.92 Å². The zero-order valence-electron chi connectivity index (χ0n) is 10.8. The molecule has 104 valence electrons. The first-order valence-electron chi connectivity index (χ1n) is 5.59. The predicted octanol–water partition coefficient (Wildman–Crippen LogP) is 3.40. The van der Waals surface area contributed by atoms with Crippen LogP contribution >= 0.6 is 15.9 Å². The van der Waals surface area contributed by atoms with Crippen molar-refractivity contribution in [1.29, 1.82) is 0 Å². The van der Waals surface area contributed by atoms with Crippen LogP contribution in [0.5, 0.6) is 0 Å². The molecule has 1 rings (SSSR count). The Labute approximate surface area is 113 Å². The second-order valence-electron chi connectivity index (χ2n) is 4.48. The van der Waals surface area contributed by atoms with Crippen LogP contribution in [0.15, 0.2) is 0 Å². The number of nitrogens with zero attached hydrogens (tertiary/aromatic N) is 3. The van der Waals surface area contributed by atoms with Crippen LogP contribution in [0.3, 0.4) is 0 Å². The summed E-state index contributed by atoms with van der Waals surface area (Å²) >= 11 is 3.31. The van der Waals surface area contributed by atoms with Gasteiger partial charge in [0.1, 0.15) is 12.4 Å². The van der Waals surface area contributed by atoms with Crippen LogP contribution in [0.1, 0.15) is 25.1 Å². The van der Waals surface area contributed by atoms with E-state index in [2.05, 4.69) is 21.0 Å². The monoisotopic (exact) mass is 327 g/mol. The van der Waals surface area contributed by atoms with E-state index in [0.717, 1.165) is 11.3 Å². The third-order valence-corrected chi connectivity index (χ3v) is 3.25. The van der Waals surface area contributed by atoms with E-state index in [-0.39, 0.29) is 6.04 Å². The highest BCUT2D eigenvalue weighted by molar-refractivity contribution is 9.08. The molecule has 0 saturated heterocycles. The number of aryl methyl sites for hydroxylation is 2. The topological polar surface area (TPSA) is 21.1 Å². The highest BCUT2D eigenvalue weighted by Gasteiger charge is 2.34. The number of halogens is 4. The summed E-state index contributed by atoms with van der Waals surface area (Å²) in [5.74, 6) is 0.525. The van der Waals surface area contributed by atoms with E-state index in [1.54, 1.807) is 27.8 Å². The van der Waals surface area contributed by atoms with E-state index in [1.807, 2.05) is 0 Å². The molecule has 0 unspecified atom stereocenters. The molecule has 1 aromatic rings. The van der Waals surface area contributed by atoms with Gasteiger partial charge in [0.25, 0.3) is 0 Å². The van der Waals surface area contributed by atoms with Crippen LogP contribution < -0.4 is 4.90 Å². The molecule has 0 aromatic carbocycles. The molecule has 1 aromatic heterocycles. The van der Waals surface area contributed by atoms with E-state index in [1.165, 1.54) is 9.58 Å². The van der Waals surface area contributed by atoms with Crippen molar-refractivity contribution in [3.63, 3.8) is 0 Å². The summed E-state index contributed by atoms with van der Waals surface area (Å²) in [6.07, 6.45) is -4.23. The molecule has 0 aliphatic heterocycles. The van der Waals surface area contributed by atoms with Crippen molar-refractivity contribution in [2.45, 2.75) is 38.3 Å². The van der Waals surface area contributed by atoms with Gasteiger partial charge in [-0.3, -0.25) is 4.68 Å². The summed E-state index contributed by atoms with van der Waals surface area (Å²) in [4.78, 5) is 1.33. The highest BCUT2D eigenvalue weighted by Crippen LogP contribution is 2.30. The summed E-state index contributed by atoms with van der Waals surface area (Å²) in [5.41, 5.74) is 1.55. The Morgan fingerprint density at radius 2 is 1.94 bits per heavy atom. The molecule has 0 amide bonds. The summed E-state index contributed by atoms with van der Waals surface area (Å²) < 4.78 is 39.4. The van der Waals surface area contributed by atoms with Gasteiger partial charge >= 0.3 is 6.18 Å². The van der Waals surface area contributed by atoms with Crippen molar-refractivity contribution in [3.05, 3.63) is 11.3 Å². The predicted molar refractivity (Wildman–Crippen MR) is 69.1 cm³/mol. The zero-order valence-corrected chi connectivity index (χ0v) is 12.4. The molecule has 0 aliphatic carbocycles. The number of hydrogen-bond donors (Lipinski definition) is 0. The lowest BCUT2D eigenvalue weighted by Gasteiger charge is -2.30. The van der Waals surface area contributed by atoms with Gasteiger partial charge in [0.15, 0.2) is 0 Å². The third-order valence-electron chi connectivity index (χ3n) is 2.69. The van der Waals surface area contributed by atoms with Crippen molar-refractivity contribution in [3.8, 4) is 0 Å². The first-order valence-corrected chi connectivity index (χ1v) is 6.71. The van der Waals surface area contributed by atoms with E-state index in [0.29, 0.717) is 11.1 Å². The van der Waals surface area contributed by atoms with E-state index >= 15 is 0 Å².